The van der Waals surface area contributed by atoms with E-state index in [-0.39, 0.29) is 6.10 Å². The molecule has 1 aliphatic rings. The summed E-state index contributed by atoms with van der Waals surface area (Å²) < 4.78 is 26.6. The van der Waals surface area contributed by atoms with E-state index in [2.05, 4.69) is 134 Å². The summed E-state index contributed by atoms with van der Waals surface area (Å²) in [6.45, 7) is 2.91. The molecular formula is C45H42O4S. The van der Waals surface area contributed by atoms with E-state index in [0.717, 1.165) is 16.9 Å². The standard InChI is InChI=1S/C45H42O4S/c1-34-27-29-40(30-28-34)48-44-43(47-32-36-19-9-3-10-20-36)42(46-31-35-17-7-2-8-18-35)41(49-44)33-50-45(37-21-11-4-12-22-37,38-23-13-5-14-24-38)39-25-15-6-16-26-39/h2-30,41-44H,31-33H2,1H3/t41-,42+,43-,44+/m1/s1. The van der Waals surface area contributed by atoms with Gasteiger partial charge in [0.25, 0.3) is 0 Å². The molecule has 4 atom stereocenters. The second-order valence-corrected chi connectivity index (χ2v) is 13.8. The van der Waals surface area contributed by atoms with Crippen LogP contribution in [0.5, 0.6) is 5.75 Å². The van der Waals surface area contributed by atoms with Crippen molar-refractivity contribution in [3.05, 3.63) is 209 Å². The topological polar surface area (TPSA) is 36.9 Å². The maximum absolute atomic E-state index is 6.91. The lowest BCUT2D eigenvalue weighted by Crippen LogP contribution is -2.40. The van der Waals surface area contributed by atoms with Crippen molar-refractivity contribution < 1.29 is 18.9 Å². The third-order valence-corrected chi connectivity index (χ3v) is 10.8. The first-order valence-corrected chi connectivity index (χ1v) is 18.2. The Bertz CT molecular complexity index is 1770. The Morgan fingerprint density at radius 3 is 1.40 bits per heavy atom. The predicted octanol–water partition coefficient (Wildman–Crippen LogP) is 9.99. The van der Waals surface area contributed by atoms with Gasteiger partial charge < -0.3 is 18.9 Å². The Morgan fingerprint density at radius 2 is 0.940 bits per heavy atom. The lowest BCUT2D eigenvalue weighted by molar-refractivity contribution is -0.133. The molecule has 4 nitrogen and oxygen atoms in total. The molecule has 7 rings (SSSR count). The van der Waals surface area contributed by atoms with Gasteiger partial charge in [-0.3, -0.25) is 0 Å². The molecule has 0 spiro atoms. The minimum Gasteiger partial charge on any atom is -0.462 e. The van der Waals surface area contributed by atoms with Crippen molar-refractivity contribution in [1.82, 2.24) is 0 Å². The van der Waals surface area contributed by atoms with Gasteiger partial charge >= 0.3 is 0 Å². The molecule has 5 heteroatoms. The highest BCUT2D eigenvalue weighted by atomic mass is 32.2. The Kier molecular flexibility index (Phi) is 11.1. The third-order valence-electron chi connectivity index (χ3n) is 9.12. The Balaban J connectivity index is 1.25. The molecule has 0 aliphatic carbocycles. The number of hydrogen-bond donors (Lipinski definition) is 0. The van der Waals surface area contributed by atoms with Gasteiger partial charge in [-0.15, -0.1) is 11.8 Å². The molecule has 0 aromatic heterocycles. The molecule has 50 heavy (non-hydrogen) atoms. The summed E-state index contributed by atoms with van der Waals surface area (Å²) in [6.07, 6.45) is -1.89. The van der Waals surface area contributed by atoms with E-state index >= 15 is 0 Å². The summed E-state index contributed by atoms with van der Waals surface area (Å²) in [5.41, 5.74) is 6.94. The van der Waals surface area contributed by atoms with Crippen LogP contribution in [0.2, 0.25) is 0 Å². The molecule has 0 N–H and O–H groups in total. The highest BCUT2D eigenvalue weighted by Gasteiger charge is 2.49. The van der Waals surface area contributed by atoms with E-state index in [1.165, 1.54) is 22.3 Å². The minimum atomic E-state index is -0.674. The maximum Gasteiger partial charge on any atom is 0.229 e. The van der Waals surface area contributed by atoms with Crippen molar-refractivity contribution in [2.75, 3.05) is 5.75 Å². The zero-order valence-electron chi connectivity index (χ0n) is 28.2. The summed E-state index contributed by atoms with van der Waals surface area (Å²) in [4.78, 5) is 0. The summed E-state index contributed by atoms with van der Waals surface area (Å²) in [5, 5.41) is 0. The first-order chi connectivity index (χ1) is 24.7. The molecule has 252 valence electrons. The SMILES string of the molecule is Cc1ccc(O[C@H]2O[C@H](CSC(c3ccccc3)(c3ccccc3)c3ccccc3)[C@H](OCc3ccccc3)[C@H]2OCc2ccccc2)cc1. The van der Waals surface area contributed by atoms with Crippen molar-refractivity contribution >= 4 is 11.8 Å². The lowest BCUT2D eigenvalue weighted by atomic mass is 9.84. The third kappa shape index (κ3) is 7.88. The molecule has 0 saturated carbocycles. The van der Waals surface area contributed by atoms with Crippen LogP contribution in [0.1, 0.15) is 33.4 Å². The summed E-state index contributed by atoms with van der Waals surface area (Å²) in [5.74, 6) is 1.35. The fourth-order valence-corrected chi connectivity index (χ4v) is 8.15. The Hall–Kier alpha value is -4.65. The van der Waals surface area contributed by atoms with Crippen LogP contribution in [0.3, 0.4) is 0 Å². The quantitative estimate of drug-likeness (QED) is 0.107. The van der Waals surface area contributed by atoms with Gasteiger partial charge in [0.2, 0.25) is 6.29 Å². The fourth-order valence-electron chi connectivity index (χ4n) is 6.56. The molecule has 6 aromatic rings. The molecule has 1 aliphatic heterocycles. The lowest BCUT2D eigenvalue weighted by Gasteiger charge is -2.36. The van der Waals surface area contributed by atoms with E-state index in [4.69, 9.17) is 18.9 Å². The highest BCUT2D eigenvalue weighted by Crippen LogP contribution is 2.49. The van der Waals surface area contributed by atoms with Crippen molar-refractivity contribution in [2.24, 2.45) is 0 Å². The molecule has 0 radical (unpaired) electrons. The molecule has 1 saturated heterocycles. The first kappa shape index (κ1) is 33.8. The average Bonchev–Trinajstić information content (AvgIpc) is 3.51. The van der Waals surface area contributed by atoms with Crippen LogP contribution < -0.4 is 4.74 Å². The van der Waals surface area contributed by atoms with Crippen LogP contribution in [-0.4, -0.2) is 30.4 Å². The van der Waals surface area contributed by atoms with Crippen molar-refractivity contribution in [2.45, 2.75) is 49.5 Å². The van der Waals surface area contributed by atoms with Gasteiger partial charge in [0, 0.05) is 5.75 Å². The monoisotopic (exact) mass is 678 g/mol. The fraction of sp³-hybridized carbons (Fsp3) is 0.200. The summed E-state index contributed by atoms with van der Waals surface area (Å²) in [7, 11) is 0. The molecule has 1 fully saturated rings. The van der Waals surface area contributed by atoms with Crippen LogP contribution in [0.25, 0.3) is 0 Å². The summed E-state index contributed by atoms with van der Waals surface area (Å²) >= 11 is 1.86. The van der Waals surface area contributed by atoms with E-state index in [1.54, 1.807) is 0 Å². The second kappa shape index (κ2) is 16.4. The molecule has 6 aromatic carbocycles. The van der Waals surface area contributed by atoms with E-state index in [1.807, 2.05) is 60.3 Å². The molecule has 0 bridgehead atoms. The van der Waals surface area contributed by atoms with Gasteiger partial charge in [-0.05, 0) is 46.9 Å². The normalized spacial score (nSPS) is 18.9. The van der Waals surface area contributed by atoms with Crippen molar-refractivity contribution in [3.8, 4) is 5.75 Å². The average molecular weight is 679 g/mol. The molecule has 1 heterocycles. The number of ether oxygens (including phenoxy) is 4. The van der Waals surface area contributed by atoms with Gasteiger partial charge in [-0.25, -0.2) is 0 Å². The molecule has 0 amide bonds. The van der Waals surface area contributed by atoms with Gasteiger partial charge in [0.1, 0.15) is 18.0 Å². The zero-order chi connectivity index (χ0) is 34.0. The van der Waals surface area contributed by atoms with Gasteiger partial charge in [0.15, 0.2) is 0 Å². The van der Waals surface area contributed by atoms with E-state index in [0.29, 0.717) is 19.0 Å². The second-order valence-electron chi connectivity index (χ2n) is 12.6. The molecule has 0 unspecified atom stereocenters. The van der Waals surface area contributed by atoms with Gasteiger partial charge in [-0.1, -0.05) is 169 Å². The number of rotatable bonds is 14. The maximum atomic E-state index is 6.91. The van der Waals surface area contributed by atoms with Gasteiger partial charge in [0.05, 0.1) is 24.1 Å². The van der Waals surface area contributed by atoms with Crippen LogP contribution in [0.4, 0.5) is 0 Å². The Morgan fingerprint density at radius 1 is 0.520 bits per heavy atom. The van der Waals surface area contributed by atoms with Crippen LogP contribution in [-0.2, 0) is 32.2 Å². The number of benzene rings is 6. The zero-order valence-corrected chi connectivity index (χ0v) is 29.0. The minimum absolute atomic E-state index is 0.338. The van der Waals surface area contributed by atoms with E-state index < -0.39 is 23.2 Å². The van der Waals surface area contributed by atoms with Gasteiger partial charge in [-0.2, -0.15) is 0 Å². The number of hydrogen-bond acceptors (Lipinski definition) is 5. The van der Waals surface area contributed by atoms with E-state index in [9.17, 15) is 0 Å². The number of aryl methyl sites for hydroxylation is 1. The van der Waals surface area contributed by atoms with Crippen LogP contribution >= 0.6 is 11.8 Å². The first-order valence-electron chi connectivity index (χ1n) is 17.2. The largest absolute Gasteiger partial charge is 0.462 e. The highest BCUT2D eigenvalue weighted by molar-refractivity contribution is 8.00. The molecular weight excluding hydrogens is 637 g/mol. The van der Waals surface area contributed by atoms with Crippen molar-refractivity contribution in [1.29, 1.82) is 0 Å². The smallest absolute Gasteiger partial charge is 0.229 e. The number of thioether (sulfide) groups is 1. The van der Waals surface area contributed by atoms with Crippen LogP contribution in [0, 0.1) is 6.92 Å². The predicted molar refractivity (Wildman–Crippen MR) is 202 cm³/mol. The van der Waals surface area contributed by atoms with Crippen LogP contribution in [0.15, 0.2) is 176 Å². The Labute approximate surface area is 300 Å². The summed E-state index contributed by atoms with van der Waals surface area (Å²) in [6, 6.07) is 60.9. The van der Waals surface area contributed by atoms with Crippen molar-refractivity contribution in [3.63, 3.8) is 0 Å².